The summed E-state index contributed by atoms with van der Waals surface area (Å²) >= 11 is 0. The molecule has 2 aliphatic rings. The molecule has 0 spiro atoms. The molecule has 0 radical (unpaired) electrons. The molecule has 0 unspecified atom stereocenters. The van der Waals surface area contributed by atoms with Crippen molar-refractivity contribution in [1.82, 2.24) is 24.8 Å². The molecule has 2 fully saturated rings. The summed E-state index contributed by atoms with van der Waals surface area (Å²) in [6.45, 7) is 15.4. The Morgan fingerprint density at radius 1 is 1.03 bits per heavy atom. The van der Waals surface area contributed by atoms with Gasteiger partial charge in [-0.2, -0.15) is 5.10 Å². The van der Waals surface area contributed by atoms with Gasteiger partial charge in [0.25, 0.3) is 0 Å². The van der Waals surface area contributed by atoms with Crippen LogP contribution in [0.3, 0.4) is 0 Å². The highest BCUT2D eigenvalue weighted by Crippen LogP contribution is 2.32. The van der Waals surface area contributed by atoms with Crippen LogP contribution in [0.4, 0.5) is 15.4 Å². The van der Waals surface area contributed by atoms with Crippen LogP contribution >= 0.6 is 0 Å². The van der Waals surface area contributed by atoms with Crippen molar-refractivity contribution in [3.63, 3.8) is 0 Å². The minimum absolute atomic E-state index is 0.00220. The Hall–Kier alpha value is -3.04. The average molecular weight is 501 g/mol. The first kappa shape index (κ1) is 26.0. The quantitative estimate of drug-likeness (QED) is 0.657. The zero-order valence-electron chi connectivity index (χ0n) is 22.6. The van der Waals surface area contributed by atoms with E-state index in [1.54, 1.807) is 9.42 Å². The van der Waals surface area contributed by atoms with E-state index in [1.807, 2.05) is 60.7 Å². The number of likely N-dealkylation sites (tertiary alicyclic amines) is 1. The third-order valence-corrected chi connectivity index (χ3v) is 6.30. The lowest BCUT2D eigenvalue weighted by Gasteiger charge is -2.35. The topological polar surface area (TPSA) is 101 Å². The molecule has 1 N–H and O–H groups in total. The third-order valence-electron chi connectivity index (χ3n) is 6.30. The lowest BCUT2D eigenvalue weighted by Crippen LogP contribution is -2.42. The number of anilines is 1. The number of hydrogen-bond donors (Lipinski definition) is 1. The van der Waals surface area contributed by atoms with E-state index < -0.39 is 17.3 Å². The molecule has 10 nitrogen and oxygen atoms in total. The summed E-state index contributed by atoms with van der Waals surface area (Å²) in [6, 6.07) is 1.85. The van der Waals surface area contributed by atoms with Gasteiger partial charge in [-0.3, -0.25) is 4.90 Å². The van der Waals surface area contributed by atoms with Gasteiger partial charge in [0.1, 0.15) is 17.0 Å². The fourth-order valence-electron chi connectivity index (χ4n) is 4.83. The summed E-state index contributed by atoms with van der Waals surface area (Å²) in [5.74, 6) is 0.884. The Morgan fingerprint density at radius 2 is 1.75 bits per heavy atom. The number of alkyl carbamates (subject to hydrolysis) is 1. The Morgan fingerprint density at radius 3 is 2.44 bits per heavy atom. The van der Waals surface area contributed by atoms with Crippen LogP contribution in [0.15, 0.2) is 12.3 Å². The van der Waals surface area contributed by atoms with Gasteiger partial charge in [0.2, 0.25) is 0 Å². The van der Waals surface area contributed by atoms with Crippen LogP contribution in [0.25, 0.3) is 5.65 Å². The van der Waals surface area contributed by atoms with Crippen LogP contribution in [0.1, 0.15) is 84.5 Å². The van der Waals surface area contributed by atoms with Gasteiger partial charge in [0.05, 0.1) is 17.8 Å². The Bertz CT molecular complexity index is 1120. The number of nitrogens with one attached hydrogen (secondary N) is 1. The van der Waals surface area contributed by atoms with E-state index in [0.29, 0.717) is 13.1 Å². The molecule has 2 aliphatic heterocycles. The number of piperidine rings is 1. The minimum atomic E-state index is -0.544. The zero-order chi connectivity index (χ0) is 26.3. The largest absolute Gasteiger partial charge is 0.444 e. The highest BCUT2D eigenvalue weighted by atomic mass is 16.6. The van der Waals surface area contributed by atoms with Crippen molar-refractivity contribution < 1.29 is 19.1 Å². The van der Waals surface area contributed by atoms with Gasteiger partial charge in [0, 0.05) is 37.5 Å². The number of ether oxygens (including phenoxy) is 2. The number of carbonyl (C=O) groups excluding carboxylic acids is 2. The first-order valence-electron chi connectivity index (χ1n) is 12.9. The van der Waals surface area contributed by atoms with Gasteiger partial charge >= 0.3 is 12.2 Å². The third kappa shape index (κ3) is 6.20. The monoisotopic (exact) mass is 500 g/mol. The van der Waals surface area contributed by atoms with E-state index >= 15 is 0 Å². The minimum Gasteiger partial charge on any atom is -0.444 e. The van der Waals surface area contributed by atoms with Crippen molar-refractivity contribution in [3.8, 4) is 0 Å². The van der Waals surface area contributed by atoms with Crippen LogP contribution in [0.5, 0.6) is 0 Å². The predicted molar refractivity (Wildman–Crippen MR) is 137 cm³/mol. The standard InChI is InChI=1S/C26H40N6O4/c1-17-15-32-21(28-22(17)30-13-11-18(16-30)27-23(33)35-25(2,3)4)14-19(29-32)20-10-8-9-12-31(20)24(34)36-26(5,6)7/h14-15,18,20H,8-13,16H2,1-7H3,(H,27,33)/t18-,20-/m0/s1. The van der Waals surface area contributed by atoms with E-state index in [2.05, 4.69) is 10.2 Å². The molecule has 4 rings (SSSR count). The normalized spacial score (nSPS) is 21.1. The summed E-state index contributed by atoms with van der Waals surface area (Å²) in [6.07, 6.45) is 4.96. The van der Waals surface area contributed by atoms with Crippen molar-refractivity contribution in [1.29, 1.82) is 0 Å². The van der Waals surface area contributed by atoms with Crippen LogP contribution in [-0.4, -0.2) is 68.6 Å². The molecule has 4 heterocycles. The fourth-order valence-corrected chi connectivity index (χ4v) is 4.83. The van der Waals surface area contributed by atoms with Gasteiger partial charge in [-0.25, -0.2) is 19.1 Å². The molecule has 0 bridgehead atoms. The van der Waals surface area contributed by atoms with Crippen molar-refractivity contribution in [2.24, 2.45) is 0 Å². The van der Waals surface area contributed by atoms with Crippen LogP contribution in [0.2, 0.25) is 0 Å². The van der Waals surface area contributed by atoms with E-state index in [4.69, 9.17) is 19.6 Å². The second-order valence-electron chi connectivity index (χ2n) is 11.9. The number of amides is 2. The summed E-state index contributed by atoms with van der Waals surface area (Å²) in [5, 5.41) is 7.77. The molecular weight excluding hydrogens is 460 g/mol. The molecule has 36 heavy (non-hydrogen) atoms. The molecule has 2 aromatic rings. The van der Waals surface area contributed by atoms with E-state index in [-0.39, 0.29) is 18.2 Å². The summed E-state index contributed by atoms with van der Waals surface area (Å²) in [7, 11) is 0. The summed E-state index contributed by atoms with van der Waals surface area (Å²) in [5.41, 5.74) is 1.50. The van der Waals surface area contributed by atoms with Gasteiger partial charge in [-0.15, -0.1) is 0 Å². The van der Waals surface area contributed by atoms with Crippen LogP contribution < -0.4 is 10.2 Å². The van der Waals surface area contributed by atoms with Gasteiger partial charge < -0.3 is 19.7 Å². The van der Waals surface area contributed by atoms with Gasteiger partial charge in [0.15, 0.2) is 5.65 Å². The van der Waals surface area contributed by atoms with E-state index in [9.17, 15) is 9.59 Å². The maximum Gasteiger partial charge on any atom is 0.410 e. The van der Waals surface area contributed by atoms with E-state index in [0.717, 1.165) is 55.0 Å². The van der Waals surface area contributed by atoms with Crippen molar-refractivity contribution in [2.45, 2.75) is 97.4 Å². The fraction of sp³-hybridized carbons (Fsp3) is 0.692. The SMILES string of the molecule is Cc1cn2nc([C@@H]3CCCCN3C(=O)OC(C)(C)C)cc2nc1N1CC[C@H](NC(=O)OC(C)(C)C)C1. The molecule has 198 valence electrons. The molecule has 2 aromatic heterocycles. The molecule has 2 saturated heterocycles. The smallest absolute Gasteiger partial charge is 0.410 e. The van der Waals surface area contributed by atoms with Crippen LogP contribution in [0, 0.1) is 6.92 Å². The Labute approximate surface area is 213 Å². The highest BCUT2D eigenvalue weighted by Gasteiger charge is 2.33. The lowest BCUT2D eigenvalue weighted by molar-refractivity contribution is 0.00895. The number of fused-ring (bicyclic) bond motifs is 1. The number of aromatic nitrogens is 3. The van der Waals surface area contributed by atoms with Crippen molar-refractivity contribution in [3.05, 3.63) is 23.5 Å². The van der Waals surface area contributed by atoms with Gasteiger partial charge in [-0.1, -0.05) is 0 Å². The molecule has 0 aromatic carbocycles. The number of aryl methyl sites for hydroxylation is 1. The molecule has 0 saturated carbocycles. The molecular formula is C26H40N6O4. The number of rotatable bonds is 3. The highest BCUT2D eigenvalue weighted by molar-refractivity contribution is 5.69. The molecule has 0 aliphatic carbocycles. The maximum absolute atomic E-state index is 12.9. The average Bonchev–Trinajstić information content (AvgIpc) is 3.37. The summed E-state index contributed by atoms with van der Waals surface area (Å²) < 4.78 is 12.9. The number of nitrogens with zero attached hydrogens (tertiary/aromatic N) is 5. The van der Waals surface area contributed by atoms with E-state index in [1.165, 1.54) is 0 Å². The first-order valence-corrected chi connectivity index (χ1v) is 12.9. The Balaban J connectivity index is 1.50. The zero-order valence-corrected chi connectivity index (χ0v) is 22.6. The second kappa shape index (κ2) is 9.78. The Kier molecular flexibility index (Phi) is 7.07. The van der Waals surface area contributed by atoms with Crippen LogP contribution in [-0.2, 0) is 9.47 Å². The van der Waals surface area contributed by atoms with Crippen molar-refractivity contribution >= 4 is 23.7 Å². The molecule has 2 atom stereocenters. The first-order chi connectivity index (χ1) is 16.8. The molecule has 10 heteroatoms. The number of hydrogen-bond acceptors (Lipinski definition) is 7. The molecule has 2 amide bonds. The van der Waals surface area contributed by atoms with Gasteiger partial charge in [-0.05, 0) is 74.1 Å². The van der Waals surface area contributed by atoms with Crippen molar-refractivity contribution in [2.75, 3.05) is 24.5 Å². The summed E-state index contributed by atoms with van der Waals surface area (Å²) in [4.78, 5) is 34.0. The maximum atomic E-state index is 12.9. The second-order valence-corrected chi connectivity index (χ2v) is 11.9. The lowest BCUT2D eigenvalue weighted by atomic mass is 10.00. The number of carbonyl (C=O) groups is 2. The predicted octanol–water partition coefficient (Wildman–Crippen LogP) is 4.60.